The first-order chi connectivity index (χ1) is 19.6. The number of hydrogen-bond acceptors (Lipinski definition) is 7. The molecule has 0 N–H and O–H groups in total. The summed E-state index contributed by atoms with van der Waals surface area (Å²) in [6.07, 6.45) is 7.04. The molecule has 2 saturated heterocycles. The van der Waals surface area contributed by atoms with Crippen LogP contribution in [0.5, 0.6) is 17.2 Å². The second kappa shape index (κ2) is 13.3. The molecule has 8 nitrogen and oxygen atoms in total. The standard InChI is InChI=1S/C32H38N4O4/c1-38-29-11-9-25(23-30(29)39-2)10-12-32(37)36-16-13-27(14-17-36)40-28-7-5-6-26(22-28)24-34-18-20-35(21-19-34)31-8-3-4-15-33-31/h3-12,15,22-23,27H,13-14,16-21,24H2,1-2H3/b12-10+. The van der Waals surface area contributed by atoms with Gasteiger partial charge in [-0.3, -0.25) is 9.69 Å². The van der Waals surface area contributed by atoms with E-state index in [-0.39, 0.29) is 12.0 Å². The van der Waals surface area contributed by atoms with Crippen molar-refractivity contribution in [2.75, 3.05) is 58.4 Å². The number of piperazine rings is 1. The summed E-state index contributed by atoms with van der Waals surface area (Å²) < 4.78 is 17.0. The molecule has 1 aromatic heterocycles. The summed E-state index contributed by atoms with van der Waals surface area (Å²) in [4.78, 5) is 24.0. The molecule has 0 spiro atoms. The zero-order chi connectivity index (χ0) is 27.7. The molecule has 40 heavy (non-hydrogen) atoms. The molecule has 0 radical (unpaired) electrons. The Morgan fingerprint density at radius 1 is 0.900 bits per heavy atom. The average molecular weight is 543 g/mol. The zero-order valence-electron chi connectivity index (χ0n) is 23.4. The van der Waals surface area contributed by atoms with Crippen molar-refractivity contribution in [3.8, 4) is 17.2 Å². The fourth-order valence-corrected chi connectivity index (χ4v) is 5.27. The van der Waals surface area contributed by atoms with Crippen LogP contribution in [0.2, 0.25) is 0 Å². The number of hydrogen-bond donors (Lipinski definition) is 0. The second-order valence-electron chi connectivity index (χ2n) is 10.2. The van der Waals surface area contributed by atoms with Crippen LogP contribution < -0.4 is 19.1 Å². The Labute approximate surface area is 236 Å². The maximum atomic E-state index is 12.8. The van der Waals surface area contributed by atoms with Crippen molar-refractivity contribution in [1.82, 2.24) is 14.8 Å². The van der Waals surface area contributed by atoms with Crippen molar-refractivity contribution in [1.29, 1.82) is 0 Å². The monoisotopic (exact) mass is 542 g/mol. The van der Waals surface area contributed by atoms with Gasteiger partial charge >= 0.3 is 0 Å². The first-order valence-corrected chi connectivity index (χ1v) is 13.9. The lowest BCUT2D eigenvalue weighted by atomic mass is 10.1. The third kappa shape index (κ3) is 7.12. The lowest BCUT2D eigenvalue weighted by molar-refractivity contribution is -0.127. The fourth-order valence-electron chi connectivity index (χ4n) is 5.27. The van der Waals surface area contributed by atoms with Gasteiger partial charge in [0.1, 0.15) is 17.7 Å². The molecule has 2 aromatic carbocycles. The maximum Gasteiger partial charge on any atom is 0.246 e. The summed E-state index contributed by atoms with van der Waals surface area (Å²) in [5.41, 5.74) is 2.15. The molecule has 0 atom stereocenters. The Morgan fingerprint density at radius 3 is 2.42 bits per heavy atom. The summed E-state index contributed by atoms with van der Waals surface area (Å²) in [6, 6.07) is 20.1. The number of likely N-dealkylation sites (tertiary alicyclic amines) is 1. The minimum absolute atomic E-state index is 0.0124. The van der Waals surface area contributed by atoms with Gasteiger partial charge in [0.25, 0.3) is 0 Å². The van der Waals surface area contributed by atoms with E-state index in [1.165, 1.54) is 5.56 Å². The average Bonchev–Trinajstić information content (AvgIpc) is 3.01. The van der Waals surface area contributed by atoms with Crippen LogP contribution in [0.4, 0.5) is 5.82 Å². The van der Waals surface area contributed by atoms with E-state index in [0.717, 1.165) is 62.7 Å². The summed E-state index contributed by atoms with van der Waals surface area (Å²) in [5, 5.41) is 0. The quantitative estimate of drug-likeness (QED) is 0.369. The Hall–Kier alpha value is -4.04. The van der Waals surface area contributed by atoms with Crippen molar-refractivity contribution >= 4 is 17.8 Å². The Morgan fingerprint density at radius 2 is 1.70 bits per heavy atom. The Kier molecular flexibility index (Phi) is 9.18. The molecule has 2 fully saturated rings. The predicted molar refractivity (Wildman–Crippen MR) is 157 cm³/mol. The van der Waals surface area contributed by atoms with Gasteiger partial charge in [-0.05, 0) is 53.6 Å². The van der Waals surface area contributed by atoms with E-state index in [1.807, 2.05) is 53.6 Å². The van der Waals surface area contributed by atoms with Gasteiger partial charge in [-0.25, -0.2) is 4.98 Å². The normalized spacial score (nSPS) is 16.8. The van der Waals surface area contributed by atoms with Crippen LogP contribution >= 0.6 is 0 Å². The van der Waals surface area contributed by atoms with E-state index in [2.05, 4.69) is 39.0 Å². The van der Waals surface area contributed by atoms with E-state index < -0.39 is 0 Å². The first kappa shape index (κ1) is 27.5. The third-order valence-corrected chi connectivity index (χ3v) is 7.53. The molecular formula is C32H38N4O4. The van der Waals surface area contributed by atoms with Crippen LogP contribution in [0.15, 0.2) is 72.9 Å². The highest BCUT2D eigenvalue weighted by Gasteiger charge is 2.23. The first-order valence-electron chi connectivity index (χ1n) is 13.9. The molecule has 2 aliphatic heterocycles. The number of aromatic nitrogens is 1. The van der Waals surface area contributed by atoms with Gasteiger partial charge in [-0.1, -0.05) is 24.3 Å². The number of amides is 1. The number of carbonyl (C=O) groups excluding carboxylic acids is 1. The Balaban J connectivity index is 1.07. The molecule has 0 aliphatic carbocycles. The molecule has 3 heterocycles. The van der Waals surface area contributed by atoms with E-state index in [9.17, 15) is 4.79 Å². The van der Waals surface area contributed by atoms with E-state index in [4.69, 9.17) is 14.2 Å². The Bertz CT molecular complexity index is 1280. The fraction of sp³-hybridized carbons (Fsp3) is 0.375. The van der Waals surface area contributed by atoms with Crippen LogP contribution in [0.25, 0.3) is 6.08 Å². The number of pyridine rings is 1. The lowest BCUT2D eigenvalue weighted by Crippen LogP contribution is -2.46. The number of carbonyl (C=O) groups is 1. The van der Waals surface area contributed by atoms with Gasteiger partial charge < -0.3 is 24.0 Å². The predicted octanol–water partition coefficient (Wildman–Crippen LogP) is 4.50. The van der Waals surface area contributed by atoms with Gasteiger partial charge in [-0.2, -0.15) is 0 Å². The SMILES string of the molecule is COc1ccc(/C=C/C(=O)N2CCC(Oc3cccc(CN4CCN(c5ccccn5)CC4)c3)CC2)cc1OC. The molecule has 0 bridgehead atoms. The summed E-state index contributed by atoms with van der Waals surface area (Å²) in [6.45, 7) is 6.25. The van der Waals surface area contributed by atoms with Crippen molar-refractivity contribution in [2.24, 2.45) is 0 Å². The number of anilines is 1. The van der Waals surface area contributed by atoms with Crippen molar-refractivity contribution in [3.05, 3.63) is 84.1 Å². The molecule has 8 heteroatoms. The van der Waals surface area contributed by atoms with Crippen LogP contribution in [0, 0.1) is 0 Å². The highest BCUT2D eigenvalue weighted by Crippen LogP contribution is 2.28. The zero-order valence-corrected chi connectivity index (χ0v) is 23.4. The number of methoxy groups -OCH3 is 2. The molecule has 5 rings (SSSR count). The summed E-state index contributed by atoms with van der Waals surface area (Å²) in [7, 11) is 3.21. The van der Waals surface area contributed by atoms with Gasteiger partial charge in [0, 0.05) is 70.9 Å². The van der Waals surface area contributed by atoms with Gasteiger partial charge in [0.15, 0.2) is 11.5 Å². The lowest BCUT2D eigenvalue weighted by Gasteiger charge is -2.35. The van der Waals surface area contributed by atoms with Crippen molar-refractivity contribution in [2.45, 2.75) is 25.5 Å². The highest BCUT2D eigenvalue weighted by molar-refractivity contribution is 5.92. The molecule has 2 aliphatic rings. The number of nitrogens with zero attached hydrogens (tertiary/aromatic N) is 4. The van der Waals surface area contributed by atoms with Crippen molar-refractivity contribution in [3.63, 3.8) is 0 Å². The van der Waals surface area contributed by atoms with Crippen LogP contribution in [0.1, 0.15) is 24.0 Å². The van der Waals surface area contributed by atoms with E-state index >= 15 is 0 Å². The second-order valence-corrected chi connectivity index (χ2v) is 10.2. The van der Waals surface area contributed by atoms with E-state index in [1.54, 1.807) is 20.3 Å². The molecule has 3 aromatic rings. The number of ether oxygens (including phenoxy) is 3. The van der Waals surface area contributed by atoms with Gasteiger partial charge in [0.05, 0.1) is 14.2 Å². The minimum atomic E-state index is 0.0124. The molecule has 1 amide bonds. The van der Waals surface area contributed by atoms with Crippen molar-refractivity contribution < 1.29 is 19.0 Å². The van der Waals surface area contributed by atoms with Crippen LogP contribution in [-0.4, -0.2) is 80.3 Å². The number of piperidine rings is 1. The van der Waals surface area contributed by atoms with Gasteiger partial charge in [-0.15, -0.1) is 0 Å². The molecular weight excluding hydrogens is 504 g/mol. The van der Waals surface area contributed by atoms with E-state index in [0.29, 0.717) is 24.6 Å². The summed E-state index contributed by atoms with van der Waals surface area (Å²) in [5.74, 6) is 3.28. The molecule has 210 valence electrons. The summed E-state index contributed by atoms with van der Waals surface area (Å²) >= 11 is 0. The molecule has 0 saturated carbocycles. The maximum absolute atomic E-state index is 12.8. The highest BCUT2D eigenvalue weighted by atomic mass is 16.5. The number of benzene rings is 2. The van der Waals surface area contributed by atoms with Crippen LogP contribution in [-0.2, 0) is 11.3 Å². The van der Waals surface area contributed by atoms with Crippen LogP contribution in [0.3, 0.4) is 0 Å². The van der Waals surface area contributed by atoms with Gasteiger partial charge in [0.2, 0.25) is 5.91 Å². The third-order valence-electron chi connectivity index (χ3n) is 7.53. The minimum Gasteiger partial charge on any atom is -0.493 e. The molecule has 0 unspecified atom stereocenters. The topological polar surface area (TPSA) is 67.4 Å². The smallest absolute Gasteiger partial charge is 0.246 e. The number of rotatable bonds is 9. The largest absolute Gasteiger partial charge is 0.493 e.